The van der Waals surface area contributed by atoms with Gasteiger partial charge in [0.25, 0.3) is 5.91 Å². The summed E-state index contributed by atoms with van der Waals surface area (Å²) in [5, 5.41) is 15.1. The highest BCUT2D eigenvalue weighted by molar-refractivity contribution is 9.10. The molecule has 10 heteroatoms. The predicted octanol–water partition coefficient (Wildman–Crippen LogP) is 4.33. The van der Waals surface area contributed by atoms with Gasteiger partial charge in [0.15, 0.2) is 5.82 Å². The van der Waals surface area contributed by atoms with Crippen molar-refractivity contribution in [1.29, 1.82) is 0 Å². The van der Waals surface area contributed by atoms with Gasteiger partial charge in [0.05, 0.1) is 23.1 Å². The number of anilines is 1. The second-order valence-electron chi connectivity index (χ2n) is 8.05. The molecule has 31 heavy (non-hydrogen) atoms. The van der Waals surface area contributed by atoms with Crippen molar-refractivity contribution < 1.29 is 9.32 Å². The lowest BCUT2D eigenvalue weighted by atomic mass is 9.93. The fourth-order valence-electron chi connectivity index (χ4n) is 2.82. The van der Waals surface area contributed by atoms with E-state index in [1.54, 1.807) is 35.4 Å². The normalized spacial score (nSPS) is 11.5. The first-order chi connectivity index (χ1) is 14.7. The summed E-state index contributed by atoms with van der Waals surface area (Å²) in [7, 11) is 0. The first-order valence-corrected chi connectivity index (χ1v) is 10.3. The summed E-state index contributed by atoms with van der Waals surface area (Å²) in [6, 6.07) is 5.33. The molecule has 0 aliphatic carbocycles. The van der Waals surface area contributed by atoms with Gasteiger partial charge in [-0.1, -0.05) is 31.1 Å². The summed E-state index contributed by atoms with van der Waals surface area (Å²) in [6.07, 6.45) is 6.68. The lowest BCUT2D eigenvalue weighted by Gasteiger charge is -2.12. The molecular weight excluding hydrogens is 462 g/mol. The number of hydrogen-bond donors (Lipinski definition) is 1. The van der Waals surface area contributed by atoms with E-state index in [1.807, 2.05) is 33.8 Å². The maximum atomic E-state index is 12.7. The van der Waals surface area contributed by atoms with Gasteiger partial charge in [0, 0.05) is 40.1 Å². The molecule has 0 saturated carbocycles. The number of aromatic nitrogens is 6. The summed E-state index contributed by atoms with van der Waals surface area (Å²) in [4.78, 5) is 21.2. The van der Waals surface area contributed by atoms with Crippen LogP contribution >= 0.6 is 15.9 Å². The van der Waals surface area contributed by atoms with Crippen molar-refractivity contribution >= 4 is 27.7 Å². The molecule has 9 nitrogen and oxygen atoms in total. The molecule has 1 N–H and O–H groups in total. The van der Waals surface area contributed by atoms with Gasteiger partial charge in [0.1, 0.15) is 11.5 Å². The van der Waals surface area contributed by atoms with Crippen LogP contribution in [-0.4, -0.2) is 36.0 Å². The first kappa shape index (κ1) is 20.9. The maximum Gasteiger partial charge on any atom is 0.258 e. The van der Waals surface area contributed by atoms with E-state index in [2.05, 4.69) is 46.7 Å². The number of amides is 1. The van der Waals surface area contributed by atoms with Crippen molar-refractivity contribution in [3.8, 4) is 16.9 Å². The van der Waals surface area contributed by atoms with Crippen LogP contribution in [-0.2, 0) is 5.41 Å². The minimum atomic E-state index is -0.348. The Morgan fingerprint density at radius 1 is 1.16 bits per heavy atom. The topological polar surface area (TPSA) is 112 Å². The fraction of sp³-hybridized carbons (Fsp3) is 0.238. The molecule has 0 atom stereocenters. The highest BCUT2D eigenvalue weighted by Crippen LogP contribution is 2.25. The number of nitrogens with zero attached hydrogens (tertiary/aromatic N) is 6. The smallest absolute Gasteiger partial charge is 0.258 e. The van der Waals surface area contributed by atoms with Gasteiger partial charge < -0.3 is 9.84 Å². The Hall–Kier alpha value is -3.40. The Balaban J connectivity index is 1.59. The zero-order valence-corrected chi connectivity index (χ0v) is 19.0. The van der Waals surface area contributed by atoms with E-state index >= 15 is 0 Å². The quantitative estimate of drug-likeness (QED) is 0.461. The minimum Gasteiger partial charge on any atom is -0.359 e. The van der Waals surface area contributed by atoms with Gasteiger partial charge in [-0.05, 0) is 35.0 Å². The number of nitrogens with one attached hydrogen (secondary N) is 1. The SMILES string of the molecule is Cc1ncc(C(=O)Nc2cc(C(C)(C)C)on2)cc1-n1cc(-c2cncc(Br)c2)nn1. The van der Waals surface area contributed by atoms with Crippen LogP contribution in [0.25, 0.3) is 16.9 Å². The fourth-order valence-corrected chi connectivity index (χ4v) is 3.18. The van der Waals surface area contributed by atoms with Gasteiger partial charge in [0.2, 0.25) is 0 Å². The molecule has 0 aliphatic heterocycles. The molecule has 0 spiro atoms. The molecule has 4 heterocycles. The zero-order chi connectivity index (χ0) is 22.2. The van der Waals surface area contributed by atoms with Gasteiger partial charge in [-0.3, -0.25) is 14.8 Å². The number of rotatable bonds is 4. The van der Waals surface area contributed by atoms with Gasteiger partial charge in [-0.25, -0.2) is 4.68 Å². The van der Waals surface area contributed by atoms with E-state index < -0.39 is 0 Å². The number of carbonyl (C=O) groups is 1. The second-order valence-corrected chi connectivity index (χ2v) is 8.96. The Morgan fingerprint density at radius 3 is 2.68 bits per heavy atom. The lowest BCUT2D eigenvalue weighted by molar-refractivity contribution is 0.102. The highest BCUT2D eigenvalue weighted by atomic mass is 79.9. The number of halogens is 1. The van der Waals surface area contributed by atoms with Gasteiger partial charge >= 0.3 is 0 Å². The largest absolute Gasteiger partial charge is 0.359 e. The molecular formula is C21H20BrN7O2. The van der Waals surface area contributed by atoms with E-state index in [1.165, 1.54) is 6.20 Å². The molecule has 4 rings (SSSR count). The first-order valence-electron chi connectivity index (χ1n) is 9.49. The van der Waals surface area contributed by atoms with Crippen LogP contribution in [0.1, 0.15) is 42.6 Å². The average Bonchev–Trinajstić information content (AvgIpc) is 3.38. The molecule has 4 aromatic heterocycles. The summed E-state index contributed by atoms with van der Waals surface area (Å²) < 4.78 is 7.75. The third kappa shape index (κ3) is 4.53. The number of carbonyl (C=O) groups excluding carboxylic acids is 1. The molecule has 0 aromatic carbocycles. The predicted molar refractivity (Wildman–Crippen MR) is 118 cm³/mol. The summed E-state index contributed by atoms with van der Waals surface area (Å²) in [5.41, 5.74) is 2.98. The lowest BCUT2D eigenvalue weighted by Crippen LogP contribution is -2.14. The van der Waals surface area contributed by atoms with Gasteiger partial charge in [-0.2, -0.15) is 0 Å². The molecule has 1 amide bonds. The van der Waals surface area contributed by atoms with Crippen LogP contribution in [0.4, 0.5) is 5.82 Å². The van der Waals surface area contributed by atoms with E-state index in [0.29, 0.717) is 34.2 Å². The molecule has 0 fully saturated rings. The minimum absolute atomic E-state index is 0.205. The molecule has 0 aliphatic rings. The van der Waals surface area contributed by atoms with E-state index in [-0.39, 0.29) is 11.3 Å². The number of aryl methyl sites for hydroxylation is 1. The van der Waals surface area contributed by atoms with Crippen molar-refractivity contribution in [3.63, 3.8) is 0 Å². The van der Waals surface area contributed by atoms with Crippen LogP contribution in [0.2, 0.25) is 0 Å². The van der Waals surface area contributed by atoms with Crippen molar-refractivity contribution in [3.05, 3.63) is 64.5 Å². The Bertz CT molecular complexity index is 1260. The Morgan fingerprint density at radius 2 is 1.97 bits per heavy atom. The molecule has 0 saturated heterocycles. The standard InChI is InChI=1S/C21H20BrN7O2/c1-12-17(29-11-16(26-28-29)13-5-15(22)10-23-8-13)6-14(9-24-12)20(30)25-19-7-18(31-27-19)21(2,3)4/h5-11H,1-4H3,(H,25,27,30). The third-order valence-electron chi connectivity index (χ3n) is 4.55. The second kappa shape index (κ2) is 8.03. The van der Waals surface area contributed by atoms with Gasteiger partial charge in [-0.15, -0.1) is 5.10 Å². The van der Waals surface area contributed by atoms with Crippen molar-refractivity contribution in [2.75, 3.05) is 5.32 Å². The number of hydrogen-bond acceptors (Lipinski definition) is 7. The third-order valence-corrected chi connectivity index (χ3v) is 4.99. The number of pyridine rings is 2. The monoisotopic (exact) mass is 481 g/mol. The van der Waals surface area contributed by atoms with Crippen molar-refractivity contribution in [1.82, 2.24) is 30.1 Å². The van der Waals surface area contributed by atoms with Crippen molar-refractivity contribution in [2.24, 2.45) is 0 Å². The van der Waals surface area contributed by atoms with Crippen LogP contribution < -0.4 is 5.32 Å². The molecule has 0 bridgehead atoms. The summed E-state index contributed by atoms with van der Waals surface area (Å²) >= 11 is 3.40. The summed E-state index contributed by atoms with van der Waals surface area (Å²) in [6.45, 7) is 7.86. The van der Waals surface area contributed by atoms with E-state index in [9.17, 15) is 4.79 Å². The van der Waals surface area contributed by atoms with Crippen LogP contribution in [0.15, 0.2) is 52.0 Å². The van der Waals surface area contributed by atoms with Crippen LogP contribution in [0.5, 0.6) is 0 Å². The molecule has 4 aromatic rings. The highest BCUT2D eigenvalue weighted by Gasteiger charge is 2.21. The molecule has 0 unspecified atom stereocenters. The van der Waals surface area contributed by atoms with Crippen molar-refractivity contribution in [2.45, 2.75) is 33.1 Å². The van der Waals surface area contributed by atoms with E-state index in [0.717, 1.165) is 10.0 Å². The van der Waals surface area contributed by atoms with Crippen LogP contribution in [0.3, 0.4) is 0 Å². The zero-order valence-electron chi connectivity index (χ0n) is 17.4. The Kier molecular flexibility index (Phi) is 5.40. The average molecular weight is 482 g/mol. The van der Waals surface area contributed by atoms with Crippen LogP contribution in [0, 0.1) is 6.92 Å². The molecule has 0 radical (unpaired) electrons. The maximum absolute atomic E-state index is 12.7. The molecule has 158 valence electrons. The Labute approximate surface area is 187 Å². The van der Waals surface area contributed by atoms with E-state index in [4.69, 9.17) is 4.52 Å². The summed E-state index contributed by atoms with van der Waals surface area (Å²) in [5.74, 6) is 0.684.